The molecule has 5 rings (SSSR count). The van der Waals surface area contributed by atoms with Crippen molar-refractivity contribution in [2.45, 2.75) is 19.9 Å². The van der Waals surface area contributed by atoms with Gasteiger partial charge in [0.1, 0.15) is 11.5 Å². The molecule has 0 aromatic heterocycles. The summed E-state index contributed by atoms with van der Waals surface area (Å²) in [7, 11) is 2.12. The number of carbonyl (C=O) groups excluding carboxylic acids is 2. The molecule has 1 N–H and O–H groups in total. The Labute approximate surface area is 223 Å². The van der Waals surface area contributed by atoms with Crippen LogP contribution in [0.4, 0.5) is 11.4 Å². The van der Waals surface area contributed by atoms with Gasteiger partial charge in [0.2, 0.25) is 0 Å². The van der Waals surface area contributed by atoms with E-state index in [0.717, 1.165) is 43.0 Å². The molecular formula is C31H33N3O4. The van der Waals surface area contributed by atoms with Gasteiger partial charge in [0.25, 0.3) is 11.7 Å². The van der Waals surface area contributed by atoms with E-state index < -0.39 is 17.7 Å². The molecule has 1 unspecified atom stereocenters. The van der Waals surface area contributed by atoms with E-state index in [0.29, 0.717) is 23.6 Å². The Hall–Kier alpha value is -4.10. The van der Waals surface area contributed by atoms with Crippen molar-refractivity contribution < 1.29 is 19.4 Å². The number of amides is 1. The summed E-state index contributed by atoms with van der Waals surface area (Å²) in [6, 6.07) is 21.6. The van der Waals surface area contributed by atoms with Crippen LogP contribution in [0.25, 0.3) is 5.76 Å². The molecule has 1 atom stereocenters. The van der Waals surface area contributed by atoms with Crippen molar-refractivity contribution >= 4 is 28.8 Å². The highest BCUT2D eigenvalue weighted by Gasteiger charge is 2.47. The van der Waals surface area contributed by atoms with Crippen LogP contribution in [0.2, 0.25) is 0 Å². The van der Waals surface area contributed by atoms with E-state index in [-0.39, 0.29) is 11.3 Å². The predicted octanol–water partition coefficient (Wildman–Crippen LogP) is 4.77. The second-order valence-electron chi connectivity index (χ2n) is 9.85. The SMILES string of the molecule is CCOc1ccc(/C(O)=C2\C(=O)C(=O)N(c3ccc(N4CCN(C)CC4)cc3)C2c2cccc(C)c2)cc1. The number of ether oxygens (including phenoxy) is 1. The summed E-state index contributed by atoms with van der Waals surface area (Å²) < 4.78 is 5.51. The molecule has 0 radical (unpaired) electrons. The average Bonchev–Trinajstić information content (AvgIpc) is 3.19. The zero-order valence-corrected chi connectivity index (χ0v) is 22.1. The first-order chi connectivity index (χ1) is 18.4. The number of likely N-dealkylation sites (N-methyl/N-ethyl adjacent to an activating group) is 1. The standard InChI is InChI=1S/C31H33N3O4/c1-4-38-26-14-8-22(9-15-26)29(35)27-28(23-7-5-6-21(2)20-23)34(31(37)30(27)36)25-12-10-24(11-13-25)33-18-16-32(3)17-19-33/h5-15,20,28,35H,4,16-19H2,1-3H3/b29-27+. The lowest BCUT2D eigenvalue weighted by Gasteiger charge is -2.34. The molecule has 38 heavy (non-hydrogen) atoms. The Kier molecular flexibility index (Phi) is 7.20. The first kappa shape index (κ1) is 25.5. The highest BCUT2D eigenvalue weighted by Crippen LogP contribution is 2.42. The van der Waals surface area contributed by atoms with Crippen molar-refractivity contribution in [1.82, 2.24) is 4.90 Å². The van der Waals surface area contributed by atoms with E-state index in [1.54, 1.807) is 24.3 Å². The summed E-state index contributed by atoms with van der Waals surface area (Å²) in [5, 5.41) is 11.4. The van der Waals surface area contributed by atoms with E-state index in [1.165, 1.54) is 4.90 Å². The Morgan fingerprint density at radius 1 is 0.921 bits per heavy atom. The highest BCUT2D eigenvalue weighted by molar-refractivity contribution is 6.51. The average molecular weight is 512 g/mol. The normalized spacial score (nSPS) is 19.7. The maximum atomic E-state index is 13.5. The number of piperazine rings is 1. The predicted molar refractivity (Wildman–Crippen MR) is 150 cm³/mol. The smallest absolute Gasteiger partial charge is 0.300 e. The third-order valence-electron chi connectivity index (χ3n) is 7.24. The van der Waals surface area contributed by atoms with Crippen LogP contribution in [0.1, 0.15) is 29.7 Å². The minimum absolute atomic E-state index is 0.0768. The number of nitrogens with zero attached hydrogens (tertiary/aromatic N) is 3. The van der Waals surface area contributed by atoms with Crippen molar-refractivity contribution in [2.24, 2.45) is 0 Å². The number of aliphatic hydroxyl groups is 1. The van der Waals surface area contributed by atoms with Crippen LogP contribution in [-0.2, 0) is 9.59 Å². The molecule has 0 spiro atoms. The van der Waals surface area contributed by atoms with Crippen LogP contribution in [0.3, 0.4) is 0 Å². The number of aryl methyl sites for hydroxylation is 1. The van der Waals surface area contributed by atoms with Gasteiger partial charge in [-0.05, 0) is 75.0 Å². The van der Waals surface area contributed by atoms with Gasteiger partial charge in [-0.25, -0.2) is 0 Å². The number of hydrogen-bond acceptors (Lipinski definition) is 6. The number of anilines is 2. The molecule has 2 fully saturated rings. The van der Waals surface area contributed by atoms with Crippen LogP contribution in [0.5, 0.6) is 5.75 Å². The highest BCUT2D eigenvalue weighted by atomic mass is 16.5. The first-order valence-electron chi connectivity index (χ1n) is 13.0. The minimum Gasteiger partial charge on any atom is -0.507 e. The van der Waals surface area contributed by atoms with Crippen LogP contribution >= 0.6 is 0 Å². The zero-order chi connectivity index (χ0) is 26.8. The molecule has 7 nitrogen and oxygen atoms in total. The number of ketones is 1. The summed E-state index contributed by atoms with van der Waals surface area (Å²) in [4.78, 5) is 33.0. The van der Waals surface area contributed by atoms with E-state index in [4.69, 9.17) is 4.74 Å². The summed E-state index contributed by atoms with van der Waals surface area (Å²) >= 11 is 0. The van der Waals surface area contributed by atoms with Crippen molar-refractivity contribution in [3.05, 3.63) is 95.1 Å². The molecule has 2 saturated heterocycles. The molecule has 0 aliphatic carbocycles. The second kappa shape index (κ2) is 10.7. The Balaban J connectivity index is 1.56. The second-order valence-corrected chi connectivity index (χ2v) is 9.85. The fraction of sp³-hybridized carbons (Fsp3) is 0.290. The minimum atomic E-state index is -0.754. The molecular weight excluding hydrogens is 478 g/mol. The van der Waals surface area contributed by atoms with E-state index >= 15 is 0 Å². The molecule has 3 aromatic carbocycles. The fourth-order valence-electron chi connectivity index (χ4n) is 5.17. The Bertz CT molecular complexity index is 1360. The van der Waals surface area contributed by atoms with Crippen LogP contribution < -0.4 is 14.5 Å². The number of rotatable bonds is 6. The molecule has 2 aliphatic heterocycles. The molecule has 1 amide bonds. The van der Waals surface area contributed by atoms with Gasteiger partial charge < -0.3 is 19.6 Å². The zero-order valence-electron chi connectivity index (χ0n) is 22.1. The topological polar surface area (TPSA) is 73.3 Å². The molecule has 7 heteroatoms. The van der Waals surface area contributed by atoms with Gasteiger partial charge in [0.05, 0.1) is 18.2 Å². The summed E-state index contributed by atoms with van der Waals surface area (Å²) in [5.74, 6) is -0.892. The van der Waals surface area contributed by atoms with Gasteiger partial charge in [0, 0.05) is 43.1 Å². The van der Waals surface area contributed by atoms with Crippen molar-refractivity contribution in [3.63, 3.8) is 0 Å². The number of aliphatic hydroxyl groups excluding tert-OH is 1. The van der Waals surface area contributed by atoms with Crippen molar-refractivity contribution in [3.8, 4) is 5.75 Å². The van der Waals surface area contributed by atoms with E-state index in [1.807, 2.05) is 62.4 Å². The molecule has 3 aromatic rings. The van der Waals surface area contributed by atoms with Gasteiger partial charge in [0.15, 0.2) is 0 Å². The largest absolute Gasteiger partial charge is 0.507 e. The first-order valence-corrected chi connectivity index (χ1v) is 13.0. The number of carbonyl (C=O) groups is 2. The Morgan fingerprint density at radius 2 is 1.58 bits per heavy atom. The number of hydrogen-bond donors (Lipinski definition) is 1. The fourth-order valence-corrected chi connectivity index (χ4v) is 5.17. The quantitative estimate of drug-likeness (QED) is 0.292. The summed E-state index contributed by atoms with van der Waals surface area (Å²) in [6.45, 7) is 8.25. The van der Waals surface area contributed by atoms with E-state index in [9.17, 15) is 14.7 Å². The van der Waals surface area contributed by atoms with Crippen molar-refractivity contribution in [2.75, 3.05) is 49.6 Å². The lowest BCUT2D eigenvalue weighted by atomic mass is 9.94. The van der Waals surface area contributed by atoms with Crippen molar-refractivity contribution in [1.29, 1.82) is 0 Å². The lowest BCUT2D eigenvalue weighted by Crippen LogP contribution is -2.44. The van der Waals surface area contributed by atoms with Crippen LogP contribution in [0, 0.1) is 6.92 Å². The molecule has 2 aliphatic rings. The van der Waals surface area contributed by atoms with Gasteiger partial charge in [-0.3, -0.25) is 14.5 Å². The molecule has 0 bridgehead atoms. The summed E-state index contributed by atoms with van der Waals surface area (Å²) in [5.41, 5.74) is 3.99. The van der Waals surface area contributed by atoms with Crippen LogP contribution in [0.15, 0.2) is 78.4 Å². The van der Waals surface area contributed by atoms with Gasteiger partial charge >= 0.3 is 0 Å². The molecule has 0 saturated carbocycles. The number of benzene rings is 3. The Morgan fingerprint density at radius 3 is 2.21 bits per heavy atom. The van der Waals surface area contributed by atoms with Crippen LogP contribution in [-0.4, -0.2) is 61.5 Å². The molecule has 2 heterocycles. The van der Waals surface area contributed by atoms with Gasteiger partial charge in [-0.15, -0.1) is 0 Å². The monoisotopic (exact) mass is 511 g/mol. The maximum Gasteiger partial charge on any atom is 0.300 e. The van der Waals surface area contributed by atoms with Gasteiger partial charge in [-0.2, -0.15) is 0 Å². The number of Topliss-reactive ketones (excluding diaryl/α,β-unsaturated/α-hetero) is 1. The lowest BCUT2D eigenvalue weighted by molar-refractivity contribution is -0.132. The molecule has 196 valence electrons. The van der Waals surface area contributed by atoms with E-state index in [2.05, 4.69) is 16.8 Å². The maximum absolute atomic E-state index is 13.5. The third kappa shape index (κ3) is 4.89. The van der Waals surface area contributed by atoms with Gasteiger partial charge in [-0.1, -0.05) is 29.8 Å². The summed E-state index contributed by atoms with van der Waals surface area (Å²) in [6.07, 6.45) is 0. The third-order valence-corrected chi connectivity index (χ3v) is 7.24.